The maximum Gasteiger partial charge on any atom is 0.454 e. The Balaban J connectivity index is -0.000000177. The fourth-order valence-corrected chi connectivity index (χ4v) is 0.283. The second-order valence-corrected chi connectivity index (χ2v) is 1.87. The summed E-state index contributed by atoms with van der Waals surface area (Å²) in [7, 11) is 0. The van der Waals surface area contributed by atoms with E-state index < -0.39 is 30.0 Å². The van der Waals surface area contributed by atoms with Gasteiger partial charge in [-0.15, -0.1) is 26.3 Å². The predicted molar refractivity (Wildman–Crippen MR) is 47.7 cm³/mol. The first-order chi connectivity index (χ1) is 7.55. The number of carbonyl (C=O) groups excluding carboxylic acids is 1. The summed E-state index contributed by atoms with van der Waals surface area (Å²) in [6.45, 7) is 12.0. The first-order valence-corrected chi connectivity index (χ1v) is 3.62. The zero-order valence-corrected chi connectivity index (χ0v) is 10.5. The summed E-state index contributed by atoms with van der Waals surface area (Å²) in [5.41, 5.74) is 0. The van der Waals surface area contributed by atoms with Crippen molar-refractivity contribution < 1.29 is 55.7 Å². The Kier molecular flexibility index (Phi) is 15.7. The zero-order valence-electron chi connectivity index (χ0n) is 8.82. The van der Waals surface area contributed by atoms with Crippen LogP contribution >= 0.6 is 0 Å². The van der Waals surface area contributed by atoms with E-state index in [9.17, 15) is 36.2 Å². The molecule has 0 saturated heterocycles. The first kappa shape index (κ1) is 25.7. The normalized spacial score (nSPS) is 10.9. The molecule has 0 atom stereocenters. The van der Waals surface area contributed by atoms with Gasteiger partial charge in [-0.05, 0) is 11.8 Å². The largest absolute Gasteiger partial charge is 0.869 e. The smallest absolute Gasteiger partial charge is 0.454 e. The number of allylic oxidation sites excluding steroid dienone is 2. The van der Waals surface area contributed by atoms with Crippen LogP contribution in [0.3, 0.4) is 0 Å². The van der Waals surface area contributed by atoms with E-state index in [2.05, 4.69) is 26.3 Å². The second-order valence-electron chi connectivity index (χ2n) is 1.87. The van der Waals surface area contributed by atoms with Crippen LogP contribution in [-0.4, -0.2) is 18.1 Å². The van der Waals surface area contributed by atoms with Crippen LogP contribution in [0.2, 0.25) is 0 Å². The molecule has 18 heavy (non-hydrogen) atoms. The number of rotatable bonds is 1. The fourth-order valence-electron chi connectivity index (χ4n) is 0.283. The topological polar surface area (TPSA) is 40.1 Å². The molecule has 0 aromatic rings. The zero-order chi connectivity index (χ0) is 14.9. The molecule has 0 aromatic heterocycles. The van der Waals surface area contributed by atoms with Gasteiger partial charge >= 0.3 is 12.4 Å². The Morgan fingerprint density at radius 3 is 1.33 bits per heavy atom. The van der Waals surface area contributed by atoms with E-state index in [4.69, 9.17) is 0 Å². The van der Waals surface area contributed by atoms with Crippen LogP contribution in [0, 0.1) is 0 Å². The third-order valence-corrected chi connectivity index (χ3v) is 0.821. The fraction of sp³-hybridized carbons (Fsp3) is 0.222. The van der Waals surface area contributed by atoms with Gasteiger partial charge in [-0.1, -0.05) is 0 Å². The average Bonchev–Trinajstić information content (AvgIpc) is 2.21. The van der Waals surface area contributed by atoms with Crippen LogP contribution in [0.4, 0.5) is 26.3 Å². The minimum absolute atomic E-state index is 0. The SMILES string of the molecule is C=C.C=C.O=C(/C=C(\[O-])C(F)(F)F)C(F)(F)F.[Rh]. The molecular formula is C9H9F6O2Rh-. The molecule has 0 amide bonds. The predicted octanol–water partition coefficient (Wildman–Crippen LogP) is 2.53. The van der Waals surface area contributed by atoms with E-state index in [0.717, 1.165) is 0 Å². The summed E-state index contributed by atoms with van der Waals surface area (Å²) in [5.74, 6) is -5.65. The third-order valence-electron chi connectivity index (χ3n) is 0.821. The Bertz CT molecular complexity index is 267. The Morgan fingerprint density at radius 1 is 0.889 bits per heavy atom. The van der Waals surface area contributed by atoms with Crippen molar-refractivity contribution in [2.75, 3.05) is 0 Å². The van der Waals surface area contributed by atoms with E-state index in [0.29, 0.717) is 0 Å². The summed E-state index contributed by atoms with van der Waals surface area (Å²) >= 11 is 0. The molecule has 0 aliphatic carbocycles. The van der Waals surface area contributed by atoms with E-state index >= 15 is 0 Å². The molecule has 1 radical (unpaired) electrons. The molecule has 0 N–H and O–H groups in total. The molecule has 9 heteroatoms. The number of carbonyl (C=O) groups is 1. The van der Waals surface area contributed by atoms with E-state index in [1.54, 1.807) is 0 Å². The van der Waals surface area contributed by atoms with Crippen molar-refractivity contribution in [3.8, 4) is 0 Å². The minimum atomic E-state index is -5.46. The van der Waals surface area contributed by atoms with Crippen molar-refractivity contribution in [2.24, 2.45) is 0 Å². The monoisotopic (exact) mass is 366 g/mol. The molecule has 0 aliphatic heterocycles. The maximum atomic E-state index is 11.3. The molecule has 0 unspecified atom stereocenters. The molecule has 0 rings (SSSR count). The number of alkyl halides is 6. The molecule has 0 aliphatic rings. The molecule has 0 fully saturated rings. The molecule has 0 heterocycles. The third kappa shape index (κ3) is 13.0. The van der Waals surface area contributed by atoms with Gasteiger partial charge in [0.2, 0.25) is 0 Å². The van der Waals surface area contributed by atoms with E-state index in [-0.39, 0.29) is 19.5 Å². The van der Waals surface area contributed by atoms with Crippen LogP contribution in [0.1, 0.15) is 0 Å². The number of hydrogen-bond donors (Lipinski definition) is 0. The Hall–Kier alpha value is -1.11. The van der Waals surface area contributed by atoms with Gasteiger partial charge in [-0.25, -0.2) is 0 Å². The van der Waals surface area contributed by atoms with Gasteiger partial charge in [-0.3, -0.25) is 4.79 Å². The molecule has 109 valence electrons. The van der Waals surface area contributed by atoms with E-state index in [1.807, 2.05) is 0 Å². The van der Waals surface area contributed by atoms with Crippen molar-refractivity contribution in [2.45, 2.75) is 12.4 Å². The first-order valence-electron chi connectivity index (χ1n) is 3.62. The van der Waals surface area contributed by atoms with Crippen LogP contribution in [0.25, 0.3) is 0 Å². The van der Waals surface area contributed by atoms with Crippen LogP contribution in [-0.2, 0) is 24.3 Å². The van der Waals surface area contributed by atoms with Crippen molar-refractivity contribution in [1.29, 1.82) is 0 Å². The quantitative estimate of drug-likeness (QED) is 0.235. The van der Waals surface area contributed by atoms with Gasteiger partial charge in [0.05, 0.1) is 0 Å². The molecule has 0 saturated carbocycles. The molecule has 0 aromatic carbocycles. The summed E-state index contributed by atoms with van der Waals surface area (Å²) < 4.78 is 67.8. The van der Waals surface area contributed by atoms with Crippen molar-refractivity contribution >= 4 is 5.78 Å². The van der Waals surface area contributed by atoms with Gasteiger partial charge in [0.25, 0.3) is 5.78 Å². The van der Waals surface area contributed by atoms with Gasteiger partial charge in [-0.2, -0.15) is 26.3 Å². The maximum absolute atomic E-state index is 11.3. The summed E-state index contributed by atoms with van der Waals surface area (Å²) in [5, 5.41) is 9.82. The van der Waals surface area contributed by atoms with Crippen LogP contribution < -0.4 is 5.11 Å². The average molecular weight is 366 g/mol. The van der Waals surface area contributed by atoms with E-state index in [1.165, 1.54) is 0 Å². The minimum Gasteiger partial charge on any atom is -0.869 e. The summed E-state index contributed by atoms with van der Waals surface area (Å²) in [6, 6.07) is 0. The van der Waals surface area contributed by atoms with Gasteiger partial charge < -0.3 is 5.11 Å². The molecule has 2 nitrogen and oxygen atoms in total. The second kappa shape index (κ2) is 11.0. The molecule has 0 bridgehead atoms. The van der Waals surface area contributed by atoms with Gasteiger partial charge in [0, 0.05) is 19.5 Å². The summed E-state index contributed by atoms with van der Waals surface area (Å²) in [6.07, 6.45) is -11.9. The molecular weight excluding hydrogens is 357 g/mol. The van der Waals surface area contributed by atoms with Gasteiger partial charge in [0.1, 0.15) is 0 Å². The number of halogens is 6. The van der Waals surface area contributed by atoms with Crippen molar-refractivity contribution in [3.63, 3.8) is 0 Å². The summed E-state index contributed by atoms with van der Waals surface area (Å²) in [4.78, 5) is 9.82. The van der Waals surface area contributed by atoms with Gasteiger partial charge in [0.15, 0.2) is 0 Å². The number of ketones is 1. The van der Waals surface area contributed by atoms with Crippen molar-refractivity contribution in [1.82, 2.24) is 0 Å². The molecule has 0 spiro atoms. The van der Waals surface area contributed by atoms with Crippen molar-refractivity contribution in [3.05, 3.63) is 38.2 Å². The number of hydrogen-bond acceptors (Lipinski definition) is 2. The Labute approximate surface area is 112 Å². The van der Waals surface area contributed by atoms with Crippen LogP contribution in [0.15, 0.2) is 38.2 Å². The standard InChI is InChI=1S/C5H2F6O2.2C2H4.Rh/c6-4(7,8)2(12)1-3(13)5(9,10)11;2*1-2;/h1,12H;2*1-2H2;/p-1/b2-1-;;;. The van der Waals surface area contributed by atoms with Crippen LogP contribution in [0.5, 0.6) is 0 Å². The Morgan fingerprint density at radius 2 is 1.17 bits per heavy atom.